The molecule has 0 bridgehead atoms. The lowest BCUT2D eigenvalue weighted by molar-refractivity contribution is -0.156. The van der Waals surface area contributed by atoms with E-state index in [4.69, 9.17) is 4.74 Å². The van der Waals surface area contributed by atoms with Crippen LogP contribution in [0.2, 0.25) is 0 Å². The molecule has 28 heavy (non-hydrogen) atoms. The quantitative estimate of drug-likeness (QED) is 0.662. The molecule has 1 aromatic heterocycles. The molecular weight excluding hydrogens is 364 g/mol. The molecule has 0 saturated carbocycles. The highest BCUT2D eigenvalue weighted by Crippen LogP contribution is 2.28. The van der Waals surface area contributed by atoms with Crippen molar-refractivity contribution >= 4 is 17.7 Å². The fraction of sp³-hybridized carbons (Fsp3) is 0.722. The molecular formula is C18H28N6O4. The molecule has 3 rings (SSSR count). The zero-order chi connectivity index (χ0) is 20.1. The fourth-order valence-electron chi connectivity index (χ4n) is 3.82. The molecule has 2 atom stereocenters. The molecule has 154 valence electrons. The van der Waals surface area contributed by atoms with Gasteiger partial charge in [0.05, 0.1) is 12.5 Å². The van der Waals surface area contributed by atoms with Gasteiger partial charge in [0.2, 0.25) is 11.8 Å². The molecule has 0 aliphatic carbocycles. The third kappa shape index (κ3) is 4.49. The van der Waals surface area contributed by atoms with Crippen molar-refractivity contribution in [2.75, 3.05) is 26.7 Å². The van der Waals surface area contributed by atoms with Crippen LogP contribution < -0.4 is 10.6 Å². The summed E-state index contributed by atoms with van der Waals surface area (Å²) in [5.74, 6) is -0.300. The first-order chi connectivity index (χ1) is 13.4. The van der Waals surface area contributed by atoms with E-state index < -0.39 is 5.60 Å². The van der Waals surface area contributed by atoms with Crippen LogP contribution in [-0.4, -0.2) is 75.8 Å². The highest BCUT2D eigenvalue weighted by Gasteiger charge is 2.43. The lowest BCUT2D eigenvalue weighted by atomic mass is 9.88. The van der Waals surface area contributed by atoms with Crippen molar-refractivity contribution in [3.05, 3.63) is 12.7 Å². The van der Waals surface area contributed by atoms with Crippen LogP contribution in [0.4, 0.5) is 0 Å². The van der Waals surface area contributed by atoms with Crippen molar-refractivity contribution < 1.29 is 19.1 Å². The Hall–Kier alpha value is -2.49. The van der Waals surface area contributed by atoms with Gasteiger partial charge in [-0.05, 0) is 13.3 Å². The van der Waals surface area contributed by atoms with Crippen LogP contribution in [0.25, 0.3) is 0 Å². The first kappa shape index (κ1) is 20.2. The van der Waals surface area contributed by atoms with Crippen molar-refractivity contribution in [3.63, 3.8) is 0 Å². The Balaban J connectivity index is 1.53. The Labute approximate surface area is 164 Å². The number of likely N-dealkylation sites (tertiary alicyclic amines) is 1. The fourth-order valence-corrected chi connectivity index (χ4v) is 3.82. The Morgan fingerprint density at radius 3 is 2.75 bits per heavy atom. The first-order valence-corrected chi connectivity index (χ1v) is 9.67. The van der Waals surface area contributed by atoms with Gasteiger partial charge in [0.1, 0.15) is 18.3 Å². The highest BCUT2D eigenvalue weighted by molar-refractivity contribution is 5.87. The van der Waals surface area contributed by atoms with Crippen LogP contribution in [-0.2, 0) is 25.7 Å². The van der Waals surface area contributed by atoms with E-state index in [0.29, 0.717) is 51.9 Å². The van der Waals surface area contributed by atoms with E-state index in [2.05, 4.69) is 20.7 Å². The number of amides is 3. The Morgan fingerprint density at radius 2 is 2.18 bits per heavy atom. The van der Waals surface area contributed by atoms with Gasteiger partial charge in [-0.1, -0.05) is 0 Å². The molecule has 3 heterocycles. The normalized spacial score (nSPS) is 23.0. The predicted molar refractivity (Wildman–Crippen MR) is 98.9 cm³/mol. The Kier molecular flexibility index (Phi) is 6.28. The second-order valence-electron chi connectivity index (χ2n) is 7.56. The molecule has 0 radical (unpaired) electrons. The summed E-state index contributed by atoms with van der Waals surface area (Å²) in [5, 5.41) is 9.78. The molecule has 0 aromatic carbocycles. The number of hydrogen-bond donors (Lipinski definition) is 2. The first-order valence-electron chi connectivity index (χ1n) is 9.67. The van der Waals surface area contributed by atoms with E-state index in [-0.39, 0.29) is 29.7 Å². The van der Waals surface area contributed by atoms with Crippen molar-refractivity contribution in [2.24, 2.45) is 5.92 Å². The number of ether oxygens (including phenoxy) is 1. The number of carbonyl (C=O) groups is 3. The van der Waals surface area contributed by atoms with Gasteiger partial charge >= 0.3 is 0 Å². The molecule has 2 saturated heterocycles. The molecule has 10 heteroatoms. The zero-order valence-corrected chi connectivity index (χ0v) is 16.4. The number of rotatable bonds is 6. The number of hydrogen-bond acceptors (Lipinski definition) is 6. The van der Waals surface area contributed by atoms with Gasteiger partial charge in [-0.2, -0.15) is 5.10 Å². The minimum Gasteiger partial charge on any atom is -0.368 e. The molecule has 2 N–H and O–H groups in total. The highest BCUT2D eigenvalue weighted by atomic mass is 16.5. The number of nitrogens with zero attached hydrogens (tertiary/aromatic N) is 4. The van der Waals surface area contributed by atoms with Crippen molar-refractivity contribution in [1.29, 1.82) is 0 Å². The molecule has 1 aromatic rings. The average molecular weight is 392 g/mol. The summed E-state index contributed by atoms with van der Waals surface area (Å²) in [6.45, 7) is 3.73. The zero-order valence-electron chi connectivity index (χ0n) is 16.4. The number of methoxy groups -OCH3 is 1. The molecule has 10 nitrogen and oxygen atoms in total. The maximum Gasteiger partial charge on any atom is 0.252 e. The third-order valence-corrected chi connectivity index (χ3v) is 5.61. The summed E-state index contributed by atoms with van der Waals surface area (Å²) in [6, 6.07) is -0.133. The lowest BCUT2D eigenvalue weighted by Gasteiger charge is -2.41. The van der Waals surface area contributed by atoms with Crippen LogP contribution in [0.3, 0.4) is 0 Å². The number of carbonyl (C=O) groups excluding carboxylic acids is 3. The largest absolute Gasteiger partial charge is 0.368 e. The Bertz CT molecular complexity index is 689. The van der Waals surface area contributed by atoms with E-state index in [1.807, 2.05) is 6.92 Å². The summed E-state index contributed by atoms with van der Waals surface area (Å²) < 4.78 is 7.28. The maximum absolute atomic E-state index is 12.9. The SMILES string of the molecule is COC1(C(=O)NC(C)Cn2cncn2)CCN(C(=O)C2CCC(=O)NC2)CC1. The van der Waals surface area contributed by atoms with Crippen LogP contribution in [0.15, 0.2) is 12.7 Å². The summed E-state index contributed by atoms with van der Waals surface area (Å²) in [6.07, 6.45) is 4.91. The molecule has 3 amide bonds. The monoisotopic (exact) mass is 392 g/mol. The summed E-state index contributed by atoms with van der Waals surface area (Å²) in [4.78, 5) is 42.5. The van der Waals surface area contributed by atoms with Crippen molar-refractivity contribution in [1.82, 2.24) is 30.3 Å². The predicted octanol–water partition coefficient (Wildman–Crippen LogP) is -0.683. The van der Waals surface area contributed by atoms with Crippen LogP contribution in [0, 0.1) is 5.92 Å². The summed E-state index contributed by atoms with van der Waals surface area (Å²) >= 11 is 0. The smallest absolute Gasteiger partial charge is 0.252 e. The van der Waals surface area contributed by atoms with Gasteiger partial charge in [0.15, 0.2) is 0 Å². The van der Waals surface area contributed by atoms with E-state index in [9.17, 15) is 14.4 Å². The van der Waals surface area contributed by atoms with E-state index >= 15 is 0 Å². The minimum absolute atomic E-state index is 0.00206. The van der Waals surface area contributed by atoms with Gasteiger partial charge in [0, 0.05) is 52.0 Å². The molecule has 2 aliphatic heterocycles. The van der Waals surface area contributed by atoms with Crippen molar-refractivity contribution in [2.45, 2.75) is 50.8 Å². The number of aromatic nitrogens is 3. The topological polar surface area (TPSA) is 118 Å². The second-order valence-corrected chi connectivity index (χ2v) is 7.56. The van der Waals surface area contributed by atoms with Crippen LogP contribution in [0.1, 0.15) is 32.6 Å². The molecule has 2 unspecified atom stereocenters. The number of piperidine rings is 2. The third-order valence-electron chi connectivity index (χ3n) is 5.61. The standard InChI is InChI=1S/C18H28N6O4/c1-13(10-24-12-19-11-21-24)22-17(27)18(28-2)5-7-23(8-6-18)16(26)14-3-4-15(25)20-9-14/h11-14H,3-10H2,1-2H3,(H,20,25)(H,22,27). The molecule has 2 fully saturated rings. The van der Waals surface area contributed by atoms with Gasteiger partial charge in [-0.15, -0.1) is 0 Å². The average Bonchev–Trinajstić information content (AvgIpc) is 3.21. The van der Waals surface area contributed by atoms with Gasteiger partial charge in [0.25, 0.3) is 5.91 Å². The second kappa shape index (κ2) is 8.68. The molecule has 2 aliphatic rings. The van der Waals surface area contributed by atoms with Crippen LogP contribution >= 0.6 is 0 Å². The Morgan fingerprint density at radius 1 is 1.43 bits per heavy atom. The van der Waals surface area contributed by atoms with E-state index in [1.165, 1.54) is 13.4 Å². The number of nitrogens with one attached hydrogen (secondary N) is 2. The van der Waals surface area contributed by atoms with Gasteiger partial charge in [-0.25, -0.2) is 4.98 Å². The maximum atomic E-state index is 12.9. The molecule has 0 spiro atoms. The van der Waals surface area contributed by atoms with E-state index in [0.717, 1.165) is 0 Å². The summed E-state index contributed by atoms with van der Waals surface area (Å²) in [7, 11) is 1.54. The minimum atomic E-state index is -0.936. The van der Waals surface area contributed by atoms with E-state index in [1.54, 1.807) is 15.9 Å². The van der Waals surface area contributed by atoms with Crippen molar-refractivity contribution in [3.8, 4) is 0 Å². The van der Waals surface area contributed by atoms with Gasteiger partial charge in [-0.3, -0.25) is 19.1 Å². The van der Waals surface area contributed by atoms with Gasteiger partial charge < -0.3 is 20.3 Å². The van der Waals surface area contributed by atoms with Crippen LogP contribution in [0.5, 0.6) is 0 Å². The summed E-state index contributed by atoms with van der Waals surface area (Å²) in [5.41, 5.74) is -0.936. The lowest BCUT2D eigenvalue weighted by Crippen LogP contribution is -2.58.